The van der Waals surface area contributed by atoms with Gasteiger partial charge in [0.2, 0.25) is 0 Å². The predicted molar refractivity (Wildman–Crippen MR) is 66.3 cm³/mol. The van der Waals surface area contributed by atoms with Crippen molar-refractivity contribution >= 4 is 5.82 Å². The average Bonchev–Trinajstić information content (AvgIpc) is 2.67. The lowest BCUT2D eigenvalue weighted by molar-refractivity contribution is 0.414. The molecule has 92 valence electrons. The van der Waals surface area contributed by atoms with Crippen LogP contribution in [-0.2, 0) is 6.54 Å². The Bertz CT molecular complexity index is 646. The number of nitrogens with two attached hydrogens (primary N) is 1. The van der Waals surface area contributed by atoms with Crippen LogP contribution in [0.1, 0.15) is 11.3 Å². The lowest BCUT2D eigenvalue weighted by atomic mass is 10.2. The minimum absolute atomic E-state index is 0.0912. The Morgan fingerprint density at radius 3 is 2.61 bits per heavy atom. The van der Waals surface area contributed by atoms with Crippen LogP contribution in [0.3, 0.4) is 0 Å². The zero-order valence-electron chi connectivity index (χ0n) is 9.80. The molecule has 0 amide bonds. The topological polar surface area (TPSA) is 96.8 Å². The second-order valence-corrected chi connectivity index (χ2v) is 3.74. The number of nitrogens with one attached hydrogen (secondary N) is 1. The number of nitrogens with zero attached hydrogens (tertiary/aromatic N) is 2. The third-order valence-corrected chi connectivity index (χ3v) is 2.64. The van der Waals surface area contributed by atoms with Gasteiger partial charge in [-0.3, -0.25) is 9.55 Å². The van der Waals surface area contributed by atoms with E-state index < -0.39 is 0 Å². The minimum atomic E-state index is -0.389. The van der Waals surface area contributed by atoms with Gasteiger partial charge >= 0.3 is 5.69 Å². The summed E-state index contributed by atoms with van der Waals surface area (Å²) in [6, 6.07) is 9.11. The van der Waals surface area contributed by atoms with Gasteiger partial charge in [-0.15, -0.1) is 0 Å². The van der Waals surface area contributed by atoms with Crippen LogP contribution in [-0.4, -0.2) is 16.7 Å². The summed E-state index contributed by atoms with van der Waals surface area (Å²) in [6.45, 7) is 0.312. The molecule has 18 heavy (non-hydrogen) atoms. The summed E-state index contributed by atoms with van der Waals surface area (Å²) < 4.78 is 6.37. The van der Waals surface area contributed by atoms with Crippen LogP contribution >= 0.6 is 0 Å². The number of H-pyrrole nitrogens is 1. The molecule has 6 nitrogen and oxygen atoms in total. The Morgan fingerprint density at radius 1 is 1.44 bits per heavy atom. The number of rotatable bonds is 3. The van der Waals surface area contributed by atoms with Crippen molar-refractivity contribution in [1.82, 2.24) is 9.55 Å². The van der Waals surface area contributed by atoms with Gasteiger partial charge in [-0.05, 0) is 17.7 Å². The highest BCUT2D eigenvalue weighted by molar-refractivity contribution is 5.44. The quantitative estimate of drug-likeness (QED) is 0.829. The number of anilines is 1. The number of hydrogen-bond donors (Lipinski definition) is 2. The van der Waals surface area contributed by atoms with E-state index >= 15 is 0 Å². The van der Waals surface area contributed by atoms with Crippen molar-refractivity contribution < 1.29 is 4.74 Å². The van der Waals surface area contributed by atoms with Crippen LogP contribution in [0.5, 0.6) is 5.75 Å². The molecule has 0 spiro atoms. The molecule has 2 aromatic rings. The van der Waals surface area contributed by atoms with E-state index in [1.165, 1.54) is 4.57 Å². The number of nitriles is 1. The Kier molecular flexibility index (Phi) is 3.06. The smallest absolute Gasteiger partial charge is 0.328 e. The van der Waals surface area contributed by atoms with Crippen molar-refractivity contribution in [3.05, 3.63) is 46.0 Å². The molecule has 0 aliphatic rings. The number of aromatic nitrogens is 2. The summed E-state index contributed by atoms with van der Waals surface area (Å²) in [5.41, 5.74) is 6.30. The molecule has 2 rings (SSSR count). The number of methoxy groups -OCH3 is 1. The summed E-state index contributed by atoms with van der Waals surface area (Å²) in [4.78, 5) is 14.0. The van der Waals surface area contributed by atoms with Crippen LogP contribution in [0.15, 0.2) is 29.1 Å². The van der Waals surface area contributed by atoms with E-state index in [9.17, 15) is 4.79 Å². The van der Waals surface area contributed by atoms with Crippen LogP contribution in [0.25, 0.3) is 0 Å². The van der Waals surface area contributed by atoms with E-state index in [1.807, 2.05) is 18.2 Å². The van der Waals surface area contributed by atoms with Gasteiger partial charge in [0.1, 0.15) is 17.6 Å². The van der Waals surface area contributed by atoms with E-state index in [0.717, 1.165) is 11.3 Å². The van der Waals surface area contributed by atoms with Gasteiger partial charge in [0.25, 0.3) is 0 Å². The van der Waals surface area contributed by atoms with Crippen molar-refractivity contribution in [3.8, 4) is 11.8 Å². The highest BCUT2D eigenvalue weighted by Crippen LogP contribution is 2.13. The third kappa shape index (κ3) is 2.06. The molecule has 0 unspecified atom stereocenters. The lowest BCUT2D eigenvalue weighted by Gasteiger charge is -2.05. The molecule has 0 saturated carbocycles. The van der Waals surface area contributed by atoms with Crippen molar-refractivity contribution in [2.45, 2.75) is 6.54 Å². The fraction of sp³-hybridized carbons (Fsp3) is 0.167. The number of ether oxygens (including phenoxy) is 1. The second-order valence-electron chi connectivity index (χ2n) is 3.74. The first-order valence-electron chi connectivity index (χ1n) is 5.27. The summed E-state index contributed by atoms with van der Waals surface area (Å²) in [5, 5.41) is 8.76. The number of hydrogen-bond acceptors (Lipinski definition) is 4. The Morgan fingerprint density at radius 2 is 2.11 bits per heavy atom. The summed E-state index contributed by atoms with van der Waals surface area (Å²) >= 11 is 0. The maximum absolute atomic E-state index is 11.6. The Balaban J connectivity index is 2.31. The molecule has 0 radical (unpaired) electrons. The van der Waals surface area contributed by atoms with E-state index in [0.29, 0.717) is 6.54 Å². The second kappa shape index (κ2) is 4.67. The maximum atomic E-state index is 11.6. The summed E-state index contributed by atoms with van der Waals surface area (Å²) in [7, 11) is 1.59. The maximum Gasteiger partial charge on any atom is 0.328 e. The number of nitrogen functional groups attached to an aromatic ring is 1. The standard InChI is InChI=1S/C12H12N4O2/c1-18-9-4-2-8(3-5-9)7-16-11(14)10(6-13)15-12(16)17/h2-5H,7,14H2,1H3,(H,15,17). The third-order valence-electron chi connectivity index (χ3n) is 2.64. The van der Waals surface area contributed by atoms with Gasteiger partial charge < -0.3 is 10.5 Å². The molecule has 0 atom stereocenters. The molecule has 0 fully saturated rings. The molecular weight excluding hydrogens is 232 g/mol. The molecule has 0 bridgehead atoms. The highest BCUT2D eigenvalue weighted by atomic mass is 16.5. The van der Waals surface area contributed by atoms with Crippen molar-refractivity contribution in [2.24, 2.45) is 0 Å². The van der Waals surface area contributed by atoms with Gasteiger partial charge in [0, 0.05) is 0 Å². The first kappa shape index (κ1) is 11.8. The van der Waals surface area contributed by atoms with Gasteiger partial charge in [-0.2, -0.15) is 5.26 Å². The molecule has 3 N–H and O–H groups in total. The summed E-state index contributed by atoms with van der Waals surface area (Å²) in [6.07, 6.45) is 0. The molecule has 1 aromatic heterocycles. The average molecular weight is 244 g/mol. The monoisotopic (exact) mass is 244 g/mol. The van der Waals surface area contributed by atoms with Gasteiger partial charge in [-0.25, -0.2) is 4.79 Å². The fourth-order valence-corrected chi connectivity index (χ4v) is 1.64. The van der Waals surface area contributed by atoms with Gasteiger partial charge in [-0.1, -0.05) is 12.1 Å². The van der Waals surface area contributed by atoms with Crippen molar-refractivity contribution in [2.75, 3.05) is 12.8 Å². The predicted octanol–water partition coefficient (Wildman–Crippen LogP) is 0.687. The lowest BCUT2D eigenvalue weighted by Crippen LogP contribution is -2.19. The zero-order valence-corrected chi connectivity index (χ0v) is 9.80. The normalized spacial score (nSPS) is 10.0. The van der Waals surface area contributed by atoms with E-state index in [2.05, 4.69) is 4.98 Å². The van der Waals surface area contributed by atoms with Crippen LogP contribution in [0.2, 0.25) is 0 Å². The van der Waals surface area contributed by atoms with E-state index in [1.54, 1.807) is 19.2 Å². The zero-order chi connectivity index (χ0) is 13.1. The SMILES string of the molecule is COc1ccc(Cn2c(N)c(C#N)[nH]c2=O)cc1. The van der Waals surface area contributed by atoms with Crippen molar-refractivity contribution in [3.63, 3.8) is 0 Å². The van der Waals surface area contributed by atoms with E-state index in [-0.39, 0.29) is 17.2 Å². The first-order chi connectivity index (χ1) is 8.65. The molecule has 0 aliphatic heterocycles. The Labute approximate surface area is 103 Å². The first-order valence-corrected chi connectivity index (χ1v) is 5.27. The number of benzene rings is 1. The van der Waals surface area contributed by atoms with Crippen LogP contribution in [0, 0.1) is 11.3 Å². The molecule has 6 heteroatoms. The van der Waals surface area contributed by atoms with Gasteiger partial charge in [0.15, 0.2) is 5.69 Å². The molecule has 0 aliphatic carbocycles. The molecule has 1 heterocycles. The van der Waals surface area contributed by atoms with Crippen LogP contribution < -0.4 is 16.2 Å². The number of aromatic amines is 1. The summed E-state index contributed by atoms with van der Waals surface area (Å²) in [5.74, 6) is 0.893. The Hall–Kier alpha value is -2.68. The van der Waals surface area contributed by atoms with E-state index in [4.69, 9.17) is 15.7 Å². The van der Waals surface area contributed by atoms with Crippen LogP contribution in [0.4, 0.5) is 5.82 Å². The molecular formula is C12H12N4O2. The molecule has 1 aromatic carbocycles. The largest absolute Gasteiger partial charge is 0.497 e. The van der Waals surface area contributed by atoms with Crippen molar-refractivity contribution in [1.29, 1.82) is 5.26 Å². The fourth-order valence-electron chi connectivity index (χ4n) is 1.64. The highest BCUT2D eigenvalue weighted by Gasteiger charge is 2.10. The minimum Gasteiger partial charge on any atom is -0.497 e. The van der Waals surface area contributed by atoms with Gasteiger partial charge in [0.05, 0.1) is 13.7 Å². The molecule has 0 saturated heterocycles. The number of imidazole rings is 1.